The first-order chi connectivity index (χ1) is 8.25. The van der Waals surface area contributed by atoms with Crippen molar-refractivity contribution in [2.45, 2.75) is 40.2 Å². The number of hydrogen-bond donors (Lipinski definition) is 2. The summed E-state index contributed by atoms with van der Waals surface area (Å²) >= 11 is 6.11. The Balaban J connectivity index is 2.93. The second-order valence-electron chi connectivity index (χ2n) is 5.89. The van der Waals surface area contributed by atoms with Crippen LogP contribution >= 0.6 is 11.6 Å². The Kier molecular flexibility index (Phi) is 5.14. The molecule has 2 nitrogen and oxygen atoms in total. The van der Waals surface area contributed by atoms with E-state index in [4.69, 9.17) is 17.4 Å². The molecule has 0 aliphatic heterocycles. The second-order valence-corrected chi connectivity index (χ2v) is 6.30. The van der Waals surface area contributed by atoms with Gasteiger partial charge in [0, 0.05) is 11.1 Å². The van der Waals surface area contributed by atoms with Gasteiger partial charge in [-0.2, -0.15) is 0 Å². The van der Waals surface area contributed by atoms with Crippen LogP contribution in [0.15, 0.2) is 18.2 Å². The lowest BCUT2D eigenvalue weighted by Gasteiger charge is -2.31. The molecule has 102 valence electrons. The molecule has 18 heavy (non-hydrogen) atoms. The summed E-state index contributed by atoms with van der Waals surface area (Å²) in [4.78, 5) is 0. The van der Waals surface area contributed by atoms with E-state index in [1.165, 1.54) is 12.1 Å². The summed E-state index contributed by atoms with van der Waals surface area (Å²) in [5, 5.41) is 0.542. The number of rotatable bonds is 4. The predicted molar refractivity (Wildman–Crippen MR) is 74.7 cm³/mol. The molecule has 3 N–H and O–H groups in total. The lowest BCUT2D eigenvalue weighted by atomic mass is 9.77. The summed E-state index contributed by atoms with van der Waals surface area (Å²) in [6.07, 6.45) is 0.809. The van der Waals surface area contributed by atoms with Gasteiger partial charge in [-0.25, -0.2) is 4.39 Å². The van der Waals surface area contributed by atoms with Crippen LogP contribution in [0.5, 0.6) is 0 Å². The Morgan fingerprint density at radius 1 is 1.39 bits per heavy atom. The average molecular weight is 273 g/mol. The summed E-state index contributed by atoms with van der Waals surface area (Å²) in [5.74, 6) is 5.72. The van der Waals surface area contributed by atoms with Crippen molar-refractivity contribution >= 4 is 11.6 Å². The number of nitrogens with one attached hydrogen (secondary N) is 1. The summed E-state index contributed by atoms with van der Waals surface area (Å²) in [5.41, 5.74) is 3.63. The lowest BCUT2D eigenvalue weighted by Crippen LogP contribution is -2.32. The number of benzene rings is 1. The molecule has 0 aliphatic carbocycles. The highest BCUT2D eigenvalue weighted by atomic mass is 35.5. The van der Waals surface area contributed by atoms with Crippen LogP contribution in [0.3, 0.4) is 0 Å². The molecule has 0 aliphatic rings. The van der Waals surface area contributed by atoms with E-state index in [2.05, 4.69) is 33.1 Å². The second kappa shape index (κ2) is 6.00. The monoisotopic (exact) mass is 272 g/mol. The van der Waals surface area contributed by atoms with Crippen molar-refractivity contribution in [3.63, 3.8) is 0 Å². The molecule has 0 amide bonds. The van der Waals surface area contributed by atoms with E-state index in [0.29, 0.717) is 10.9 Å². The fourth-order valence-electron chi connectivity index (χ4n) is 1.77. The molecule has 4 heteroatoms. The molecule has 0 fully saturated rings. The first-order valence-electron chi connectivity index (χ1n) is 6.16. The Morgan fingerprint density at radius 3 is 2.50 bits per heavy atom. The molecule has 2 atom stereocenters. The minimum atomic E-state index is -0.293. The molecule has 0 saturated heterocycles. The highest BCUT2D eigenvalue weighted by molar-refractivity contribution is 6.31. The molecule has 1 rings (SSSR count). The van der Waals surface area contributed by atoms with Crippen molar-refractivity contribution in [2.75, 3.05) is 0 Å². The normalized spacial score (nSPS) is 15.5. The molecule has 0 radical (unpaired) electrons. The van der Waals surface area contributed by atoms with Gasteiger partial charge in [-0.05, 0) is 41.5 Å². The Hall–Kier alpha value is -0.640. The predicted octanol–water partition coefficient (Wildman–Crippen LogP) is 4.06. The van der Waals surface area contributed by atoms with Gasteiger partial charge in [-0.3, -0.25) is 11.3 Å². The fourth-order valence-corrected chi connectivity index (χ4v) is 2.02. The molecule has 0 bridgehead atoms. The smallest absolute Gasteiger partial charge is 0.123 e. The van der Waals surface area contributed by atoms with Crippen LogP contribution in [0, 0.1) is 17.2 Å². The van der Waals surface area contributed by atoms with Crippen LogP contribution in [0.1, 0.15) is 45.7 Å². The van der Waals surface area contributed by atoms with Crippen LogP contribution in [0.2, 0.25) is 5.02 Å². The van der Waals surface area contributed by atoms with E-state index in [-0.39, 0.29) is 17.3 Å². The van der Waals surface area contributed by atoms with E-state index in [1.807, 2.05) is 0 Å². The third-order valence-corrected chi connectivity index (χ3v) is 3.95. The van der Waals surface area contributed by atoms with Crippen molar-refractivity contribution in [2.24, 2.45) is 17.2 Å². The topological polar surface area (TPSA) is 38.0 Å². The van der Waals surface area contributed by atoms with Crippen molar-refractivity contribution in [1.29, 1.82) is 0 Å². The Labute approximate surface area is 114 Å². The van der Waals surface area contributed by atoms with Crippen LogP contribution < -0.4 is 11.3 Å². The maximum atomic E-state index is 13.3. The molecule has 0 aromatic heterocycles. The Morgan fingerprint density at radius 2 is 2.00 bits per heavy atom. The van der Waals surface area contributed by atoms with Gasteiger partial charge >= 0.3 is 0 Å². The molecular weight excluding hydrogens is 251 g/mol. The molecule has 1 aromatic rings. The highest BCUT2D eigenvalue weighted by Gasteiger charge is 2.25. The van der Waals surface area contributed by atoms with Crippen LogP contribution in [-0.4, -0.2) is 0 Å². The van der Waals surface area contributed by atoms with Crippen LogP contribution in [0.4, 0.5) is 4.39 Å². The van der Waals surface area contributed by atoms with Gasteiger partial charge < -0.3 is 0 Å². The first kappa shape index (κ1) is 15.4. The average Bonchev–Trinajstić information content (AvgIpc) is 2.28. The largest absolute Gasteiger partial charge is 0.271 e. The molecular formula is C14H22ClFN2. The summed E-state index contributed by atoms with van der Waals surface area (Å²) in [6.45, 7) is 8.70. The standard InChI is InChI=1S/C14H22ClFN2/c1-9(14(2,3)4)7-13(18-17)11-8-10(16)5-6-12(11)15/h5-6,8-9,13,18H,7,17H2,1-4H3. The Bertz CT molecular complexity index is 401. The summed E-state index contributed by atoms with van der Waals surface area (Å²) in [6, 6.07) is 4.23. The zero-order valence-corrected chi connectivity index (χ0v) is 12.2. The first-order valence-corrected chi connectivity index (χ1v) is 6.54. The fraction of sp³-hybridized carbons (Fsp3) is 0.571. The van der Waals surface area contributed by atoms with E-state index in [1.54, 1.807) is 6.07 Å². The van der Waals surface area contributed by atoms with Gasteiger partial charge in [0.2, 0.25) is 0 Å². The van der Waals surface area contributed by atoms with E-state index in [9.17, 15) is 4.39 Å². The van der Waals surface area contributed by atoms with Crippen molar-refractivity contribution in [3.05, 3.63) is 34.6 Å². The zero-order chi connectivity index (χ0) is 13.9. The molecule has 2 unspecified atom stereocenters. The minimum absolute atomic E-state index is 0.137. The van der Waals surface area contributed by atoms with Crippen molar-refractivity contribution in [1.82, 2.24) is 5.43 Å². The maximum absolute atomic E-state index is 13.3. The van der Waals surface area contributed by atoms with Gasteiger partial charge in [-0.1, -0.05) is 39.3 Å². The summed E-state index contributed by atoms with van der Waals surface area (Å²) < 4.78 is 13.3. The van der Waals surface area contributed by atoms with Gasteiger partial charge in [0.05, 0.1) is 0 Å². The van der Waals surface area contributed by atoms with Crippen molar-refractivity contribution < 1.29 is 4.39 Å². The van der Waals surface area contributed by atoms with Crippen LogP contribution in [-0.2, 0) is 0 Å². The third kappa shape index (κ3) is 3.94. The lowest BCUT2D eigenvalue weighted by molar-refractivity contribution is 0.223. The van der Waals surface area contributed by atoms with Crippen molar-refractivity contribution in [3.8, 4) is 0 Å². The number of hydrazine groups is 1. The molecule has 0 saturated carbocycles. The van der Waals surface area contributed by atoms with Gasteiger partial charge in [0.1, 0.15) is 5.82 Å². The van der Waals surface area contributed by atoms with E-state index >= 15 is 0 Å². The van der Waals surface area contributed by atoms with Gasteiger partial charge in [0.25, 0.3) is 0 Å². The minimum Gasteiger partial charge on any atom is -0.271 e. The highest BCUT2D eigenvalue weighted by Crippen LogP contribution is 2.35. The van der Waals surface area contributed by atoms with Crippen LogP contribution in [0.25, 0.3) is 0 Å². The molecule has 0 heterocycles. The zero-order valence-electron chi connectivity index (χ0n) is 11.4. The molecule has 0 spiro atoms. The molecule has 1 aromatic carbocycles. The number of halogens is 2. The van der Waals surface area contributed by atoms with Gasteiger partial charge in [-0.15, -0.1) is 0 Å². The summed E-state index contributed by atoms with van der Waals surface area (Å²) in [7, 11) is 0. The third-order valence-electron chi connectivity index (χ3n) is 3.60. The quantitative estimate of drug-likeness (QED) is 0.641. The number of hydrogen-bond acceptors (Lipinski definition) is 2. The van der Waals surface area contributed by atoms with E-state index in [0.717, 1.165) is 12.0 Å². The van der Waals surface area contributed by atoms with Gasteiger partial charge in [0.15, 0.2) is 0 Å². The maximum Gasteiger partial charge on any atom is 0.123 e. The van der Waals surface area contributed by atoms with E-state index < -0.39 is 0 Å². The SMILES string of the molecule is CC(CC(NN)c1cc(F)ccc1Cl)C(C)(C)C. The number of nitrogens with two attached hydrogens (primary N) is 1.